The van der Waals surface area contributed by atoms with Crippen molar-refractivity contribution in [3.8, 4) is 22.3 Å². The highest BCUT2D eigenvalue weighted by atomic mass is 19.1. The Hall–Kier alpha value is -4.46. The number of aryl methyl sites for hydroxylation is 1. The molecular weight excluding hydrogens is 485 g/mol. The van der Waals surface area contributed by atoms with Gasteiger partial charge in [-0.1, -0.05) is 66.7 Å². The van der Waals surface area contributed by atoms with Crippen LogP contribution in [0.15, 0.2) is 79.0 Å². The summed E-state index contributed by atoms with van der Waals surface area (Å²) in [5.74, 6) is -0.356. The molecule has 1 atom stereocenters. The van der Waals surface area contributed by atoms with Crippen LogP contribution in [0.2, 0.25) is 0 Å². The van der Waals surface area contributed by atoms with Crippen LogP contribution in [0.1, 0.15) is 37.0 Å². The van der Waals surface area contributed by atoms with Gasteiger partial charge in [-0.3, -0.25) is 14.8 Å². The van der Waals surface area contributed by atoms with Crippen molar-refractivity contribution in [1.82, 2.24) is 9.78 Å². The molecule has 4 aromatic rings. The maximum Gasteiger partial charge on any atom is 0.413 e. The zero-order chi connectivity index (χ0) is 26.9. The molecule has 8 heteroatoms. The molecule has 3 aromatic carbocycles. The van der Waals surface area contributed by atoms with Gasteiger partial charge in [-0.2, -0.15) is 5.10 Å². The fourth-order valence-corrected chi connectivity index (χ4v) is 4.69. The van der Waals surface area contributed by atoms with Crippen LogP contribution in [0, 0.1) is 5.82 Å². The Kier molecular flexibility index (Phi) is 6.72. The maximum atomic E-state index is 15.4. The van der Waals surface area contributed by atoms with E-state index in [-0.39, 0.29) is 5.97 Å². The van der Waals surface area contributed by atoms with Crippen molar-refractivity contribution in [3.05, 3.63) is 95.9 Å². The van der Waals surface area contributed by atoms with Crippen LogP contribution in [0.5, 0.6) is 0 Å². The molecule has 1 amide bonds. The zero-order valence-corrected chi connectivity index (χ0v) is 21.4. The summed E-state index contributed by atoms with van der Waals surface area (Å²) in [6.07, 6.45) is 1.91. The summed E-state index contributed by atoms with van der Waals surface area (Å²) in [5, 5.41) is 6.91. The van der Waals surface area contributed by atoms with Crippen molar-refractivity contribution in [2.75, 3.05) is 12.4 Å². The molecule has 1 aliphatic carbocycles. The van der Waals surface area contributed by atoms with Crippen LogP contribution in [-0.2, 0) is 26.7 Å². The Bertz CT molecular complexity index is 1480. The highest BCUT2D eigenvalue weighted by molar-refractivity contribution is 5.90. The fourth-order valence-electron chi connectivity index (χ4n) is 4.69. The van der Waals surface area contributed by atoms with Gasteiger partial charge in [-0.05, 0) is 48.1 Å². The average Bonchev–Trinajstić information content (AvgIpc) is 3.68. The summed E-state index contributed by atoms with van der Waals surface area (Å²) in [4.78, 5) is 24.8. The second kappa shape index (κ2) is 10.1. The van der Waals surface area contributed by atoms with Crippen molar-refractivity contribution in [2.24, 2.45) is 7.05 Å². The summed E-state index contributed by atoms with van der Waals surface area (Å²) in [6.45, 7) is 1.78. The predicted octanol–water partition coefficient (Wildman–Crippen LogP) is 6.41. The monoisotopic (exact) mass is 513 g/mol. The number of esters is 1. The van der Waals surface area contributed by atoms with Gasteiger partial charge in [0.2, 0.25) is 0 Å². The van der Waals surface area contributed by atoms with Gasteiger partial charge in [0.25, 0.3) is 0 Å². The van der Waals surface area contributed by atoms with Crippen LogP contribution in [0.4, 0.5) is 15.0 Å². The summed E-state index contributed by atoms with van der Waals surface area (Å²) in [7, 11) is 3.06. The third-order valence-corrected chi connectivity index (χ3v) is 7.07. The lowest BCUT2D eigenvalue weighted by molar-refractivity contribution is -0.143. The second-order valence-electron chi connectivity index (χ2n) is 9.46. The molecule has 0 radical (unpaired) electrons. The van der Waals surface area contributed by atoms with Crippen LogP contribution < -0.4 is 5.32 Å². The van der Waals surface area contributed by atoms with E-state index < -0.39 is 23.4 Å². The number of hydrogen-bond acceptors (Lipinski definition) is 5. The van der Waals surface area contributed by atoms with Gasteiger partial charge < -0.3 is 9.47 Å². The van der Waals surface area contributed by atoms with Gasteiger partial charge in [0.15, 0.2) is 0 Å². The minimum atomic E-state index is -0.663. The van der Waals surface area contributed by atoms with Gasteiger partial charge in [-0.15, -0.1) is 0 Å². The van der Waals surface area contributed by atoms with Crippen molar-refractivity contribution >= 4 is 17.9 Å². The van der Waals surface area contributed by atoms with E-state index in [1.54, 1.807) is 20.0 Å². The molecule has 38 heavy (non-hydrogen) atoms. The summed E-state index contributed by atoms with van der Waals surface area (Å²) < 4.78 is 27.3. The first-order valence-electron chi connectivity index (χ1n) is 12.4. The molecule has 0 saturated heterocycles. The predicted molar refractivity (Wildman–Crippen MR) is 142 cm³/mol. The first kappa shape index (κ1) is 25.2. The molecule has 1 saturated carbocycles. The third kappa shape index (κ3) is 4.77. The normalized spacial score (nSPS) is 14.4. The van der Waals surface area contributed by atoms with E-state index in [1.165, 1.54) is 24.1 Å². The topological polar surface area (TPSA) is 82.5 Å². The highest BCUT2D eigenvalue weighted by Crippen LogP contribution is 2.49. The van der Waals surface area contributed by atoms with Crippen LogP contribution in [0.3, 0.4) is 0 Å². The van der Waals surface area contributed by atoms with E-state index in [1.807, 2.05) is 60.7 Å². The number of ether oxygens (including phenoxy) is 2. The maximum absolute atomic E-state index is 15.4. The van der Waals surface area contributed by atoms with Gasteiger partial charge in [0, 0.05) is 18.2 Å². The summed E-state index contributed by atoms with van der Waals surface area (Å²) in [5.41, 5.74) is 3.46. The van der Waals surface area contributed by atoms with Crippen molar-refractivity contribution in [1.29, 1.82) is 0 Å². The number of halogens is 1. The number of rotatable bonds is 7. The highest BCUT2D eigenvalue weighted by Gasteiger charge is 2.52. The van der Waals surface area contributed by atoms with Crippen LogP contribution >= 0.6 is 0 Å². The molecule has 5 rings (SSSR count). The van der Waals surface area contributed by atoms with Gasteiger partial charge in [-0.25, -0.2) is 9.18 Å². The number of hydrogen-bond donors (Lipinski definition) is 1. The molecule has 1 aromatic heterocycles. The minimum absolute atomic E-state index is 0.222. The number of aromatic nitrogens is 2. The summed E-state index contributed by atoms with van der Waals surface area (Å²) in [6, 6.07) is 21.9. The fraction of sp³-hybridized carbons (Fsp3) is 0.233. The number of anilines is 1. The van der Waals surface area contributed by atoms with Crippen LogP contribution in [0.25, 0.3) is 22.3 Å². The number of carbonyl (C=O) groups excluding carboxylic acids is 2. The SMILES string of the molecule is COC(=O)C1(c2ccc(-c3ccc(-c4cnn(C)c4NC(=O)O[C@H](C)c4ccccc4)c(F)c3)cc2)CC1. The number of carbonyl (C=O) groups is 2. The number of nitrogens with one attached hydrogen (secondary N) is 1. The Labute approximate surface area is 220 Å². The molecule has 1 N–H and O–H groups in total. The molecule has 0 aliphatic heterocycles. The van der Waals surface area contributed by atoms with Gasteiger partial charge in [0.05, 0.1) is 18.7 Å². The number of amides is 1. The van der Waals surface area contributed by atoms with E-state index in [0.29, 0.717) is 22.5 Å². The molecule has 1 heterocycles. The molecular formula is C30H28FN3O4. The Morgan fingerprint density at radius 1 is 1.00 bits per heavy atom. The average molecular weight is 514 g/mol. The lowest BCUT2D eigenvalue weighted by atomic mass is 9.93. The molecule has 1 fully saturated rings. The first-order chi connectivity index (χ1) is 18.3. The van der Waals surface area contributed by atoms with Crippen molar-refractivity contribution in [2.45, 2.75) is 31.3 Å². The van der Waals surface area contributed by atoms with Crippen molar-refractivity contribution < 1.29 is 23.5 Å². The molecule has 194 valence electrons. The van der Waals surface area contributed by atoms with Gasteiger partial charge in [0.1, 0.15) is 17.7 Å². The number of nitrogens with zero attached hydrogens (tertiary/aromatic N) is 2. The molecule has 1 aliphatic rings. The second-order valence-corrected chi connectivity index (χ2v) is 9.46. The molecule has 0 bridgehead atoms. The number of methoxy groups -OCH3 is 1. The molecule has 0 unspecified atom stereocenters. The Balaban J connectivity index is 1.34. The van der Waals surface area contributed by atoms with E-state index in [4.69, 9.17) is 9.47 Å². The van der Waals surface area contributed by atoms with Crippen molar-refractivity contribution in [3.63, 3.8) is 0 Å². The molecule has 0 spiro atoms. The molecule has 7 nitrogen and oxygen atoms in total. The Morgan fingerprint density at radius 2 is 1.68 bits per heavy atom. The minimum Gasteiger partial charge on any atom is -0.468 e. The third-order valence-electron chi connectivity index (χ3n) is 7.07. The van der Waals surface area contributed by atoms with E-state index in [9.17, 15) is 9.59 Å². The largest absolute Gasteiger partial charge is 0.468 e. The Morgan fingerprint density at radius 3 is 2.32 bits per heavy atom. The lowest BCUT2D eigenvalue weighted by Crippen LogP contribution is -2.21. The smallest absolute Gasteiger partial charge is 0.413 e. The van der Waals surface area contributed by atoms with E-state index in [0.717, 1.165) is 29.5 Å². The quantitative estimate of drug-likeness (QED) is 0.289. The van der Waals surface area contributed by atoms with Crippen LogP contribution in [-0.4, -0.2) is 29.0 Å². The van der Waals surface area contributed by atoms with E-state index >= 15 is 4.39 Å². The van der Waals surface area contributed by atoms with E-state index in [2.05, 4.69) is 10.4 Å². The summed E-state index contributed by atoms with van der Waals surface area (Å²) >= 11 is 0. The zero-order valence-electron chi connectivity index (χ0n) is 21.4. The lowest BCUT2D eigenvalue weighted by Gasteiger charge is -2.15. The van der Waals surface area contributed by atoms with Gasteiger partial charge >= 0.3 is 12.1 Å². The number of benzene rings is 3. The first-order valence-corrected chi connectivity index (χ1v) is 12.4. The standard InChI is InChI=1S/C30H28FN3O4/c1-19(20-7-5-4-6-8-20)38-29(36)33-27-25(18-32-34(27)2)24-14-11-22(17-26(24)31)21-9-12-23(13-10-21)30(15-16-30)28(35)37-3/h4-14,17-19H,15-16H2,1-3H3,(H,33,36)/t19-/m1/s1.